The van der Waals surface area contributed by atoms with Crippen LogP contribution in [0.4, 0.5) is 0 Å². The third kappa shape index (κ3) is 3.68. The fourth-order valence-electron chi connectivity index (χ4n) is 9.20. The molecule has 0 N–H and O–H groups in total. The van der Waals surface area contributed by atoms with Crippen LogP contribution in [0.5, 0.6) is 0 Å². The van der Waals surface area contributed by atoms with E-state index >= 15 is 0 Å². The van der Waals surface area contributed by atoms with E-state index in [1.165, 1.54) is 13.8 Å². The van der Waals surface area contributed by atoms with Crippen LogP contribution in [0.25, 0.3) is 0 Å². The van der Waals surface area contributed by atoms with Gasteiger partial charge in [-0.05, 0) is 55.7 Å². The molecule has 0 aromatic heterocycles. The van der Waals surface area contributed by atoms with Gasteiger partial charge in [-0.15, -0.1) is 0 Å². The lowest BCUT2D eigenvalue weighted by atomic mass is 9.47. The summed E-state index contributed by atoms with van der Waals surface area (Å²) in [4.78, 5) is 54.2. The Hall–Kier alpha value is -3.04. The van der Waals surface area contributed by atoms with Crippen LogP contribution in [0.3, 0.4) is 0 Å². The number of hydrogen-bond donors (Lipinski definition) is 0. The topological polar surface area (TPSA) is 114 Å². The smallest absolute Gasteiger partial charge is 0.338 e. The van der Waals surface area contributed by atoms with Gasteiger partial charge in [0.2, 0.25) is 0 Å². The molecule has 9 nitrogen and oxygen atoms in total. The summed E-state index contributed by atoms with van der Waals surface area (Å²) in [6, 6.07) is 8.72. The maximum Gasteiger partial charge on any atom is 0.338 e. The minimum absolute atomic E-state index is 0.0682. The van der Waals surface area contributed by atoms with Gasteiger partial charge in [0.05, 0.1) is 18.1 Å². The molecule has 6 rings (SSSR count). The first-order valence-electron chi connectivity index (χ1n) is 14.8. The molecule has 226 valence electrons. The molecule has 1 spiro atoms. The lowest BCUT2D eigenvalue weighted by molar-refractivity contribution is -0.324. The number of methoxy groups -OCH3 is 1. The Bertz CT molecular complexity index is 1380. The molecule has 0 amide bonds. The number of ketones is 1. The van der Waals surface area contributed by atoms with E-state index in [0.717, 1.165) is 5.57 Å². The SMILES string of the molecule is CO[C@]12C[C@H](C)C(C)=C([C@@H](OC(C)=O)C(=O)[C@]34C[C@H]3C[C@H]3OCC3(OC(C)=O)[C@H]4[C@@H]1OC(=O)c1ccccc1)C2(C)C. The molecule has 42 heavy (non-hydrogen) atoms. The second-order valence-corrected chi connectivity index (χ2v) is 13.5. The third-order valence-electron chi connectivity index (χ3n) is 11.2. The Kier molecular flexibility index (Phi) is 6.56. The molecular weight excluding hydrogens is 540 g/mol. The first-order chi connectivity index (χ1) is 19.8. The molecule has 3 saturated carbocycles. The molecular formula is C33H40O9. The van der Waals surface area contributed by atoms with Gasteiger partial charge in [-0.3, -0.25) is 14.4 Å². The summed E-state index contributed by atoms with van der Waals surface area (Å²) in [6.07, 6.45) is -1.12. The van der Waals surface area contributed by atoms with Gasteiger partial charge in [0.1, 0.15) is 17.8 Å². The lowest BCUT2D eigenvalue weighted by Crippen LogP contribution is -2.78. The maximum absolute atomic E-state index is 15.0. The van der Waals surface area contributed by atoms with Crippen molar-refractivity contribution in [2.24, 2.45) is 28.6 Å². The minimum atomic E-state index is -1.21. The number of benzene rings is 1. The number of carbonyl (C=O) groups excluding carboxylic acids is 4. The Morgan fingerprint density at radius 1 is 1.00 bits per heavy atom. The van der Waals surface area contributed by atoms with Gasteiger partial charge in [-0.1, -0.05) is 44.5 Å². The highest BCUT2D eigenvalue weighted by molar-refractivity contribution is 5.97. The van der Waals surface area contributed by atoms with Crippen LogP contribution in [-0.2, 0) is 38.1 Å². The van der Waals surface area contributed by atoms with Crippen LogP contribution >= 0.6 is 0 Å². The summed E-state index contributed by atoms with van der Waals surface area (Å²) in [5.41, 5.74) is -2.36. The molecule has 4 fully saturated rings. The molecule has 0 radical (unpaired) electrons. The van der Waals surface area contributed by atoms with E-state index in [1.54, 1.807) is 31.4 Å². The van der Waals surface area contributed by atoms with Gasteiger partial charge in [0.25, 0.3) is 0 Å². The highest BCUT2D eigenvalue weighted by Gasteiger charge is 2.84. The zero-order chi connectivity index (χ0) is 30.4. The standard InChI is InChI=1S/C33H40O9/c1-17-14-33(38-7)28(41-29(37)21-11-9-8-10-12-21)26-31(15-22(31)13-23-32(26,16-39-23)42-20(4)35)27(36)25(40-19(3)34)24(18(17)2)30(33,5)6/h8-12,17,22-23,25-26,28H,13-16H2,1-7H3/t17-,22+,23+,25+,26-,28-,31+,32?,33+/m0/s1. The van der Waals surface area contributed by atoms with Crippen LogP contribution in [-0.4, -0.2) is 66.9 Å². The van der Waals surface area contributed by atoms with E-state index in [-0.39, 0.29) is 24.2 Å². The van der Waals surface area contributed by atoms with Crippen LogP contribution in [0.1, 0.15) is 71.2 Å². The molecule has 1 aliphatic heterocycles. The highest BCUT2D eigenvalue weighted by Crippen LogP contribution is 2.75. The van der Waals surface area contributed by atoms with Gasteiger partial charge in [0, 0.05) is 31.8 Å². The van der Waals surface area contributed by atoms with Gasteiger partial charge >= 0.3 is 17.9 Å². The van der Waals surface area contributed by atoms with Crippen LogP contribution < -0.4 is 0 Å². The van der Waals surface area contributed by atoms with E-state index in [1.807, 2.05) is 33.8 Å². The Balaban J connectivity index is 1.65. The summed E-state index contributed by atoms with van der Waals surface area (Å²) in [5.74, 6) is -2.83. The van der Waals surface area contributed by atoms with Crippen molar-refractivity contribution < 1.29 is 42.9 Å². The second kappa shape index (κ2) is 9.48. The van der Waals surface area contributed by atoms with E-state index in [4.69, 9.17) is 23.7 Å². The fourth-order valence-corrected chi connectivity index (χ4v) is 9.20. The van der Waals surface area contributed by atoms with Crippen molar-refractivity contribution >= 4 is 23.7 Å². The summed E-state index contributed by atoms with van der Waals surface area (Å²) in [5, 5.41) is 0. The molecule has 1 saturated heterocycles. The maximum atomic E-state index is 15.0. The Morgan fingerprint density at radius 3 is 2.26 bits per heavy atom. The van der Waals surface area contributed by atoms with Crippen molar-refractivity contribution in [3.8, 4) is 0 Å². The van der Waals surface area contributed by atoms with E-state index in [9.17, 15) is 19.2 Å². The molecule has 1 heterocycles. The van der Waals surface area contributed by atoms with Crippen molar-refractivity contribution in [2.75, 3.05) is 13.7 Å². The molecule has 4 aliphatic carbocycles. The van der Waals surface area contributed by atoms with Gasteiger partial charge in [-0.25, -0.2) is 4.79 Å². The minimum Gasteiger partial charge on any atom is -0.455 e. The normalized spacial score (nSPS) is 41.1. The van der Waals surface area contributed by atoms with Crippen molar-refractivity contribution in [1.82, 2.24) is 0 Å². The largest absolute Gasteiger partial charge is 0.455 e. The summed E-state index contributed by atoms with van der Waals surface area (Å²) >= 11 is 0. The van der Waals surface area contributed by atoms with E-state index < -0.39 is 64.2 Å². The van der Waals surface area contributed by atoms with Gasteiger partial charge in [0.15, 0.2) is 17.5 Å². The fraction of sp³-hybridized carbons (Fsp3) is 0.636. The number of Topliss-reactive ketones (excluding diaryl/α,β-unsaturated/α-hetero) is 1. The quantitative estimate of drug-likeness (QED) is 0.287. The molecule has 5 aliphatic rings. The van der Waals surface area contributed by atoms with Crippen LogP contribution in [0, 0.1) is 28.6 Å². The first-order valence-corrected chi connectivity index (χ1v) is 14.8. The first kappa shape index (κ1) is 29.1. The Morgan fingerprint density at radius 2 is 1.69 bits per heavy atom. The highest BCUT2D eigenvalue weighted by atomic mass is 16.6. The molecule has 9 atom stereocenters. The third-order valence-corrected chi connectivity index (χ3v) is 11.2. The van der Waals surface area contributed by atoms with Gasteiger partial charge in [-0.2, -0.15) is 0 Å². The lowest BCUT2D eigenvalue weighted by Gasteiger charge is -2.65. The number of allylic oxidation sites excluding steroid dienone is 1. The van der Waals surface area contributed by atoms with Crippen molar-refractivity contribution in [2.45, 2.75) is 90.3 Å². The van der Waals surface area contributed by atoms with Crippen molar-refractivity contribution in [3.63, 3.8) is 0 Å². The summed E-state index contributed by atoms with van der Waals surface area (Å²) in [6.45, 7) is 10.7. The van der Waals surface area contributed by atoms with E-state index in [2.05, 4.69) is 0 Å². The average molecular weight is 581 g/mol. The number of rotatable bonds is 5. The predicted octanol–water partition coefficient (Wildman–Crippen LogP) is 4.22. The monoisotopic (exact) mass is 580 g/mol. The van der Waals surface area contributed by atoms with E-state index in [0.29, 0.717) is 30.4 Å². The summed E-state index contributed by atoms with van der Waals surface area (Å²) < 4.78 is 31.3. The number of fused-ring (bicyclic) bond motifs is 4. The number of ether oxygens (including phenoxy) is 5. The molecule has 9 heteroatoms. The van der Waals surface area contributed by atoms with Crippen LogP contribution in [0.2, 0.25) is 0 Å². The average Bonchev–Trinajstić information content (AvgIpc) is 3.65. The Labute approximate surface area is 246 Å². The molecule has 1 unspecified atom stereocenters. The van der Waals surface area contributed by atoms with Crippen molar-refractivity contribution in [1.29, 1.82) is 0 Å². The van der Waals surface area contributed by atoms with Crippen LogP contribution in [0.15, 0.2) is 41.5 Å². The van der Waals surface area contributed by atoms with Crippen molar-refractivity contribution in [3.05, 3.63) is 47.0 Å². The zero-order valence-corrected chi connectivity index (χ0v) is 25.4. The number of esters is 3. The second-order valence-electron chi connectivity index (χ2n) is 13.5. The number of hydrogen-bond acceptors (Lipinski definition) is 9. The molecule has 1 aromatic carbocycles. The zero-order valence-electron chi connectivity index (χ0n) is 25.4. The molecule has 1 aromatic rings. The predicted molar refractivity (Wildman–Crippen MR) is 149 cm³/mol. The molecule has 2 bridgehead atoms. The number of carbonyl (C=O) groups is 4. The van der Waals surface area contributed by atoms with Gasteiger partial charge < -0.3 is 23.7 Å². The summed E-state index contributed by atoms with van der Waals surface area (Å²) in [7, 11) is 1.60.